The van der Waals surface area contributed by atoms with Crippen molar-refractivity contribution < 1.29 is 38.3 Å². The summed E-state index contributed by atoms with van der Waals surface area (Å²) in [6, 6.07) is 1.56. The van der Waals surface area contributed by atoms with Crippen molar-refractivity contribution in [1.29, 1.82) is 0 Å². The fourth-order valence-electron chi connectivity index (χ4n) is 2.01. The Kier molecular flexibility index (Phi) is 4.69. The van der Waals surface area contributed by atoms with Crippen LogP contribution >= 0.6 is 0 Å². The minimum atomic E-state index is -1.70. The Balaban J connectivity index is 2.20. The largest absolute Gasteiger partial charge is 0.394 e. The molecule has 0 aliphatic carbocycles. The predicted molar refractivity (Wildman–Crippen MR) is 63.7 cm³/mol. The molecule has 0 aromatic heterocycles. The van der Waals surface area contributed by atoms with Crippen molar-refractivity contribution in [3.63, 3.8) is 0 Å². The van der Waals surface area contributed by atoms with Crippen LogP contribution in [0.1, 0.15) is 0 Å². The van der Waals surface area contributed by atoms with Gasteiger partial charge in [0.2, 0.25) is 0 Å². The molecule has 1 heterocycles. The Labute approximate surface area is 117 Å². The van der Waals surface area contributed by atoms with Crippen LogP contribution in [0.2, 0.25) is 0 Å². The molecule has 1 aliphatic heterocycles. The second-order valence-electron chi connectivity index (χ2n) is 4.62. The standard InChI is InChI=1S/C12H14F3NO5/c13-4-1-2-5(8(15)7(4)14)16-12-11(20)10(19)9(18)6(3-17)21-12/h1-2,6,9-12,16-20H,3H2/t6-,9-,10+,11-,12-/m1/s1. The van der Waals surface area contributed by atoms with Gasteiger partial charge in [0.1, 0.15) is 24.4 Å². The molecule has 0 spiro atoms. The Bertz CT molecular complexity index is 516. The van der Waals surface area contributed by atoms with E-state index in [1.807, 2.05) is 0 Å². The molecule has 5 atom stereocenters. The highest BCUT2D eigenvalue weighted by atomic mass is 19.2. The van der Waals surface area contributed by atoms with Crippen molar-refractivity contribution in [3.8, 4) is 0 Å². The zero-order valence-corrected chi connectivity index (χ0v) is 10.6. The minimum Gasteiger partial charge on any atom is -0.394 e. The molecule has 2 rings (SSSR count). The first-order valence-corrected chi connectivity index (χ1v) is 6.07. The maximum Gasteiger partial charge on any atom is 0.196 e. The number of aliphatic hydroxyl groups is 4. The molecular weight excluding hydrogens is 295 g/mol. The summed E-state index contributed by atoms with van der Waals surface area (Å²) in [5, 5.41) is 40.1. The molecule has 1 aromatic carbocycles. The van der Waals surface area contributed by atoms with Crippen molar-refractivity contribution in [2.75, 3.05) is 11.9 Å². The molecule has 118 valence electrons. The Hall–Kier alpha value is -1.39. The number of nitrogens with one attached hydrogen (secondary N) is 1. The van der Waals surface area contributed by atoms with Crippen LogP contribution in [0.25, 0.3) is 0 Å². The molecule has 5 N–H and O–H groups in total. The fourth-order valence-corrected chi connectivity index (χ4v) is 2.01. The lowest BCUT2D eigenvalue weighted by Gasteiger charge is -2.40. The van der Waals surface area contributed by atoms with Crippen molar-refractivity contribution in [2.45, 2.75) is 30.6 Å². The third-order valence-corrected chi connectivity index (χ3v) is 3.23. The van der Waals surface area contributed by atoms with Crippen LogP contribution in [0, 0.1) is 17.5 Å². The molecule has 0 amide bonds. The van der Waals surface area contributed by atoms with Crippen LogP contribution in [0.3, 0.4) is 0 Å². The van der Waals surface area contributed by atoms with Crippen molar-refractivity contribution in [1.82, 2.24) is 0 Å². The molecule has 6 nitrogen and oxygen atoms in total. The van der Waals surface area contributed by atoms with E-state index in [4.69, 9.17) is 9.84 Å². The summed E-state index contributed by atoms with van der Waals surface area (Å²) >= 11 is 0. The van der Waals surface area contributed by atoms with Crippen molar-refractivity contribution >= 4 is 5.69 Å². The van der Waals surface area contributed by atoms with Gasteiger partial charge in [-0.05, 0) is 12.1 Å². The molecule has 0 unspecified atom stereocenters. The van der Waals surface area contributed by atoms with E-state index >= 15 is 0 Å². The second kappa shape index (κ2) is 6.16. The van der Waals surface area contributed by atoms with E-state index in [1.165, 1.54) is 0 Å². The molecule has 9 heteroatoms. The lowest BCUT2D eigenvalue weighted by atomic mass is 9.98. The molecule has 1 saturated heterocycles. The van der Waals surface area contributed by atoms with Gasteiger partial charge in [-0.1, -0.05) is 0 Å². The monoisotopic (exact) mass is 309 g/mol. The number of hydrogen-bond donors (Lipinski definition) is 5. The van der Waals surface area contributed by atoms with Crippen LogP contribution in [0.15, 0.2) is 12.1 Å². The minimum absolute atomic E-state index is 0.502. The highest BCUT2D eigenvalue weighted by Crippen LogP contribution is 2.25. The van der Waals surface area contributed by atoms with E-state index in [0.717, 1.165) is 6.07 Å². The first kappa shape index (κ1) is 16.0. The number of hydrogen-bond acceptors (Lipinski definition) is 6. The lowest BCUT2D eigenvalue weighted by Crippen LogP contribution is -2.60. The molecule has 0 bridgehead atoms. The maximum atomic E-state index is 13.5. The predicted octanol–water partition coefficient (Wildman–Crippen LogP) is -0.684. The summed E-state index contributed by atoms with van der Waals surface area (Å²) in [5.74, 6) is -4.61. The van der Waals surface area contributed by atoms with Crippen LogP contribution in [0.4, 0.5) is 18.9 Å². The molecule has 0 radical (unpaired) electrons. The Morgan fingerprint density at radius 2 is 1.67 bits per heavy atom. The molecule has 1 aliphatic rings. The first-order valence-electron chi connectivity index (χ1n) is 6.07. The quantitative estimate of drug-likeness (QED) is 0.474. The number of aliphatic hydroxyl groups excluding tert-OH is 4. The number of anilines is 1. The molecular formula is C12H14F3NO5. The number of benzene rings is 1. The summed E-state index contributed by atoms with van der Waals surface area (Å²) in [6.45, 7) is -0.663. The molecule has 1 fully saturated rings. The third-order valence-electron chi connectivity index (χ3n) is 3.23. The van der Waals surface area contributed by atoms with Gasteiger partial charge >= 0.3 is 0 Å². The normalized spacial score (nSPS) is 33.0. The number of ether oxygens (including phenoxy) is 1. The van der Waals surface area contributed by atoms with Gasteiger partial charge in [0.25, 0.3) is 0 Å². The summed E-state index contributed by atoms with van der Waals surface area (Å²) in [4.78, 5) is 0. The van der Waals surface area contributed by atoms with Crippen LogP contribution in [-0.2, 0) is 4.74 Å². The zero-order chi connectivity index (χ0) is 15.7. The molecule has 0 saturated carbocycles. The topological polar surface area (TPSA) is 102 Å². The van der Waals surface area contributed by atoms with Gasteiger partial charge in [-0.3, -0.25) is 0 Å². The summed E-state index contributed by atoms with van der Waals surface area (Å²) in [7, 11) is 0. The number of rotatable bonds is 3. The van der Waals surface area contributed by atoms with Crippen LogP contribution in [0.5, 0.6) is 0 Å². The SMILES string of the molecule is OC[C@H]1O[C@@H](Nc2ccc(F)c(F)c2F)[C@H](O)[C@@H](O)[C@@H]1O. The van der Waals surface area contributed by atoms with E-state index < -0.39 is 60.4 Å². The fraction of sp³-hybridized carbons (Fsp3) is 0.500. The van der Waals surface area contributed by atoms with Crippen molar-refractivity contribution in [3.05, 3.63) is 29.6 Å². The van der Waals surface area contributed by atoms with Crippen molar-refractivity contribution in [2.24, 2.45) is 0 Å². The van der Waals surface area contributed by atoms with Gasteiger partial charge in [-0.25, -0.2) is 13.2 Å². The average Bonchev–Trinajstić information content (AvgIpc) is 2.48. The van der Waals surface area contributed by atoms with Gasteiger partial charge in [-0.2, -0.15) is 0 Å². The van der Waals surface area contributed by atoms with Crippen LogP contribution < -0.4 is 5.32 Å². The van der Waals surface area contributed by atoms with E-state index in [-0.39, 0.29) is 0 Å². The van der Waals surface area contributed by atoms with Gasteiger partial charge in [0.15, 0.2) is 23.7 Å². The smallest absolute Gasteiger partial charge is 0.196 e. The maximum absolute atomic E-state index is 13.5. The van der Waals surface area contributed by atoms with E-state index in [9.17, 15) is 28.5 Å². The summed E-state index contributed by atoms with van der Waals surface area (Å²) in [5.41, 5.74) is -0.502. The van der Waals surface area contributed by atoms with E-state index in [0.29, 0.717) is 6.07 Å². The summed E-state index contributed by atoms with van der Waals surface area (Å²) in [6.07, 6.45) is -7.54. The third kappa shape index (κ3) is 2.97. The van der Waals surface area contributed by atoms with Gasteiger partial charge in [0, 0.05) is 0 Å². The highest BCUT2D eigenvalue weighted by Gasteiger charge is 2.43. The highest BCUT2D eigenvalue weighted by molar-refractivity contribution is 5.46. The first-order chi connectivity index (χ1) is 9.86. The van der Waals surface area contributed by atoms with Gasteiger partial charge in [-0.15, -0.1) is 0 Å². The van der Waals surface area contributed by atoms with Gasteiger partial charge in [0.05, 0.1) is 12.3 Å². The zero-order valence-electron chi connectivity index (χ0n) is 10.6. The molecule has 1 aromatic rings. The molecule has 21 heavy (non-hydrogen) atoms. The Morgan fingerprint density at radius 1 is 1.00 bits per heavy atom. The number of halogens is 3. The van der Waals surface area contributed by atoms with Crippen LogP contribution in [-0.4, -0.2) is 57.7 Å². The average molecular weight is 309 g/mol. The van der Waals surface area contributed by atoms with E-state index in [1.54, 1.807) is 0 Å². The van der Waals surface area contributed by atoms with Gasteiger partial charge < -0.3 is 30.5 Å². The van der Waals surface area contributed by atoms with E-state index in [2.05, 4.69) is 5.32 Å². The Morgan fingerprint density at radius 3 is 2.29 bits per heavy atom. The summed E-state index contributed by atoms with van der Waals surface area (Å²) < 4.78 is 44.5. The lowest BCUT2D eigenvalue weighted by molar-refractivity contribution is -0.221. The second-order valence-corrected chi connectivity index (χ2v) is 4.62.